The number of anilines is 1. The second-order valence-electron chi connectivity index (χ2n) is 8.47. The normalized spacial score (nSPS) is 18.5. The van der Waals surface area contributed by atoms with Gasteiger partial charge < -0.3 is 26.4 Å². The van der Waals surface area contributed by atoms with Crippen LogP contribution in [-0.4, -0.2) is 54.7 Å². The molecule has 8 heteroatoms. The lowest BCUT2D eigenvalue weighted by molar-refractivity contribution is -0.127. The highest BCUT2D eigenvalue weighted by atomic mass is 16.5. The predicted molar refractivity (Wildman–Crippen MR) is 132 cm³/mol. The predicted octanol–water partition coefficient (Wildman–Crippen LogP) is 2.00. The van der Waals surface area contributed by atoms with E-state index in [1.165, 1.54) is 0 Å². The van der Waals surface area contributed by atoms with Crippen molar-refractivity contribution in [3.8, 4) is 0 Å². The van der Waals surface area contributed by atoms with Gasteiger partial charge in [-0.1, -0.05) is 48.5 Å². The molecule has 0 spiro atoms. The monoisotopic (exact) mass is 461 g/mol. The minimum Gasteiger partial charge on any atom is -0.376 e. The number of aromatic nitrogens is 1. The zero-order chi connectivity index (χ0) is 23.8. The van der Waals surface area contributed by atoms with Crippen LogP contribution in [0.1, 0.15) is 18.4 Å². The van der Waals surface area contributed by atoms with Crippen LogP contribution < -0.4 is 21.7 Å². The molecule has 1 fully saturated rings. The van der Waals surface area contributed by atoms with Crippen molar-refractivity contribution in [3.05, 3.63) is 72.4 Å². The fraction of sp³-hybridized carbons (Fsp3) is 0.346. The average Bonchev–Trinajstić information content (AvgIpc) is 3.35. The van der Waals surface area contributed by atoms with Crippen LogP contribution in [0.4, 0.5) is 5.69 Å². The van der Waals surface area contributed by atoms with E-state index in [4.69, 9.17) is 10.5 Å². The van der Waals surface area contributed by atoms with Gasteiger partial charge >= 0.3 is 0 Å². The summed E-state index contributed by atoms with van der Waals surface area (Å²) >= 11 is 0. The molecule has 1 aromatic heterocycles. The maximum atomic E-state index is 13.2. The molecular weight excluding hydrogens is 430 g/mol. The molecule has 2 heterocycles. The Labute approximate surface area is 199 Å². The van der Waals surface area contributed by atoms with E-state index in [2.05, 4.69) is 20.9 Å². The first-order valence-corrected chi connectivity index (χ1v) is 11.7. The summed E-state index contributed by atoms with van der Waals surface area (Å²) in [4.78, 5) is 30.6. The van der Waals surface area contributed by atoms with E-state index < -0.39 is 12.1 Å². The molecule has 3 atom stereocenters. The number of ether oxygens (including phenoxy) is 1. The van der Waals surface area contributed by atoms with Crippen LogP contribution in [0.3, 0.4) is 0 Å². The Morgan fingerprint density at radius 2 is 1.94 bits per heavy atom. The maximum Gasteiger partial charge on any atom is 0.247 e. The van der Waals surface area contributed by atoms with Crippen LogP contribution in [-0.2, 0) is 20.7 Å². The number of hydrogen-bond acceptors (Lipinski definition) is 6. The molecule has 5 N–H and O–H groups in total. The molecular formula is C26H31N5O3. The van der Waals surface area contributed by atoms with E-state index in [0.717, 1.165) is 16.5 Å². The van der Waals surface area contributed by atoms with Crippen LogP contribution in [0.5, 0.6) is 0 Å². The second-order valence-corrected chi connectivity index (χ2v) is 8.47. The first-order chi connectivity index (χ1) is 16.6. The number of nitrogens with zero attached hydrogens (tertiary/aromatic N) is 1. The SMILES string of the molecule is NCCO[C@H]1CN[C@H](C(=O)N[C@H](CCc2ccccc2)C(=O)Nc2cnc3ccccc3c2)C1. The molecule has 34 heavy (non-hydrogen) atoms. The standard InChI is InChI=1S/C26H31N5O3/c27-12-13-34-21-15-24(29-17-21)26(33)31-23(11-10-18-6-2-1-3-7-18)25(32)30-20-14-19-8-4-5-9-22(19)28-16-20/h1-9,14,16,21,23-24,29H,10-13,15,17,27H2,(H,30,32)(H,31,33)/t21-,23-,24+/m1/s1. The molecule has 0 saturated carbocycles. The lowest BCUT2D eigenvalue weighted by atomic mass is 10.0. The van der Waals surface area contributed by atoms with Gasteiger partial charge in [0.25, 0.3) is 0 Å². The number of para-hydroxylation sites is 1. The Bertz CT molecular complexity index is 1110. The van der Waals surface area contributed by atoms with E-state index in [0.29, 0.717) is 44.6 Å². The van der Waals surface area contributed by atoms with E-state index in [-0.39, 0.29) is 17.9 Å². The second kappa shape index (κ2) is 11.7. The molecule has 0 bridgehead atoms. The number of aryl methyl sites for hydroxylation is 1. The summed E-state index contributed by atoms with van der Waals surface area (Å²) < 4.78 is 5.65. The van der Waals surface area contributed by atoms with E-state index in [1.54, 1.807) is 6.20 Å². The number of benzene rings is 2. The summed E-state index contributed by atoms with van der Waals surface area (Å²) in [6.07, 6.45) is 3.26. The van der Waals surface area contributed by atoms with Crippen molar-refractivity contribution in [1.82, 2.24) is 15.6 Å². The smallest absolute Gasteiger partial charge is 0.247 e. The average molecular weight is 462 g/mol. The fourth-order valence-corrected chi connectivity index (χ4v) is 4.13. The van der Waals surface area contributed by atoms with Gasteiger partial charge in [-0.25, -0.2) is 0 Å². The van der Waals surface area contributed by atoms with Gasteiger partial charge in [-0.3, -0.25) is 14.6 Å². The zero-order valence-electron chi connectivity index (χ0n) is 19.1. The van der Waals surface area contributed by atoms with Crippen LogP contribution in [0.2, 0.25) is 0 Å². The van der Waals surface area contributed by atoms with Gasteiger partial charge in [-0.15, -0.1) is 0 Å². The number of pyridine rings is 1. The first-order valence-electron chi connectivity index (χ1n) is 11.7. The van der Waals surface area contributed by atoms with Crippen molar-refractivity contribution in [1.29, 1.82) is 0 Å². The first kappa shape index (κ1) is 23.8. The number of fused-ring (bicyclic) bond motifs is 1. The lowest BCUT2D eigenvalue weighted by Crippen LogP contribution is -2.50. The summed E-state index contributed by atoms with van der Waals surface area (Å²) in [5.41, 5.74) is 8.06. The van der Waals surface area contributed by atoms with Crippen molar-refractivity contribution in [2.75, 3.05) is 25.0 Å². The van der Waals surface area contributed by atoms with E-state index in [1.807, 2.05) is 60.7 Å². The summed E-state index contributed by atoms with van der Waals surface area (Å²) in [6, 6.07) is 18.4. The number of hydrogen-bond donors (Lipinski definition) is 4. The van der Waals surface area contributed by atoms with E-state index >= 15 is 0 Å². The molecule has 8 nitrogen and oxygen atoms in total. The molecule has 0 aliphatic carbocycles. The Morgan fingerprint density at radius 3 is 2.76 bits per heavy atom. The third-order valence-electron chi connectivity index (χ3n) is 5.93. The maximum absolute atomic E-state index is 13.2. The van der Waals surface area contributed by atoms with Gasteiger partial charge in [0.1, 0.15) is 6.04 Å². The molecule has 1 aliphatic rings. The van der Waals surface area contributed by atoms with Crippen molar-refractivity contribution in [3.63, 3.8) is 0 Å². The van der Waals surface area contributed by atoms with Gasteiger partial charge in [-0.2, -0.15) is 0 Å². The largest absolute Gasteiger partial charge is 0.376 e. The van der Waals surface area contributed by atoms with E-state index in [9.17, 15) is 9.59 Å². The molecule has 2 aromatic carbocycles. The number of nitrogens with two attached hydrogens (primary N) is 1. The van der Waals surface area contributed by atoms with Crippen molar-refractivity contribution >= 4 is 28.4 Å². The van der Waals surface area contributed by atoms with Crippen molar-refractivity contribution < 1.29 is 14.3 Å². The van der Waals surface area contributed by atoms with Gasteiger partial charge in [0.2, 0.25) is 11.8 Å². The Morgan fingerprint density at radius 1 is 1.15 bits per heavy atom. The zero-order valence-corrected chi connectivity index (χ0v) is 19.1. The molecule has 4 rings (SSSR count). The number of carbonyl (C=O) groups is 2. The third kappa shape index (κ3) is 6.38. The number of amides is 2. The van der Waals surface area contributed by atoms with Gasteiger partial charge in [-0.05, 0) is 37.0 Å². The van der Waals surface area contributed by atoms with Crippen molar-refractivity contribution in [2.45, 2.75) is 37.5 Å². The van der Waals surface area contributed by atoms with Gasteiger partial charge in [0.05, 0.1) is 36.2 Å². The fourth-order valence-electron chi connectivity index (χ4n) is 4.13. The lowest BCUT2D eigenvalue weighted by Gasteiger charge is -2.21. The highest BCUT2D eigenvalue weighted by molar-refractivity contribution is 5.99. The highest BCUT2D eigenvalue weighted by Gasteiger charge is 2.32. The number of rotatable bonds is 10. The molecule has 1 saturated heterocycles. The molecule has 3 aromatic rings. The molecule has 178 valence electrons. The van der Waals surface area contributed by atoms with Crippen LogP contribution in [0.15, 0.2) is 66.9 Å². The summed E-state index contributed by atoms with van der Waals surface area (Å²) in [5, 5.41) is 9.99. The molecule has 1 aliphatic heterocycles. The van der Waals surface area contributed by atoms with Crippen LogP contribution >= 0.6 is 0 Å². The minimum atomic E-state index is -0.690. The Hall–Kier alpha value is -3.33. The molecule has 0 radical (unpaired) electrons. The Balaban J connectivity index is 1.43. The van der Waals surface area contributed by atoms with Gasteiger partial charge in [0, 0.05) is 18.5 Å². The van der Waals surface area contributed by atoms with Gasteiger partial charge in [0.15, 0.2) is 0 Å². The third-order valence-corrected chi connectivity index (χ3v) is 5.93. The molecule has 2 amide bonds. The highest BCUT2D eigenvalue weighted by Crippen LogP contribution is 2.17. The quantitative estimate of drug-likeness (QED) is 0.367. The number of carbonyl (C=O) groups excluding carboxylic acids is 2. The number of nitrogens with one attached hydrogen (secondary N) is 3. The molecule has 0 unspecified atom stereocenters. The van der Waals surface area contributed by atoms with Crippen LogP contribution in [0.25, 0.3) is 10.9 Å². The minimum absolute atomic E-state index is 0.0560. The summed E-state index contributed by atoms with van der Waals surface area (Å²) in [7, 11) is 0. The summed E-state index contributed by atoms with van der Waals surface area (Å²) in [5.74, 6) is -0.473. The topological polar surface area (TPSA) is 118 Å². The van der Waals surface area contributed by atoms with Crippen molar-refractivity contribution in [2.24, 2.45) is 5.73 Å². The summed E-state index contributed by atoms with van der Waals surface area (Å²) in [6.45, 7) is 1.49. The Kier molecular flexibility index (Phi) is 8.19. The van der Waals surface area contributed by atoms with Crippen LogP contribution in [0, 0.1) is 0 Å².